The van der Waals surface area contributed by atoms with Crippen LogP contribution in [-0.4, -0.2) is 30.4 Å². The SMILES string of the molecule is O=C([O-])NCc1ccc(N2CCC(O)CC2)c(C(F)(F)F)c1. The number of alkyl halides is 3. The molecule has 0 bridgehead atoms. The van der Waals surface area contributed by atoms with Crippen molar-refractivity contribution in [1.29, 1.82) is 0 Å². The van der Waals surface area contributed by atoms with Crippen LogP contribution in [0.15, 0.2) is 18.2 Å². The first-order valence-corrected chi connectivity index (χ1v) is 6.85. The molecule has 1 amide bonds. The van der Waals surface area contributed by atoms with Crippen molar-refractivity contribution in [2.24, 2.45) is 0 Å². The van der Waals surface area contributed by atoms with Gasteiger partial charge in [-0.1, -0.05) is 6.07 Å². The Hall–Kier alpha value is -1.96. The van der Waals surface area contributed by atoms with Crippen LogP contribution in [0.5, 0.6) is 0 Å². The van der Waals surface area contributed by atoms with E-state index in [-0.39, 0.29) is 17.8 Å². The number of halogens is 3. The van der Waals surface area contributed by atoms with Crippen molar-refractivity contribution < 1.29 is 28.2 Å². The lowest BCUT2D eigenvalue weighted by atomic mass is 10.0. The number of rotatable bonds is 3. The predicted molar refractivity (Wildman–Crippen MR) is 71.1 cm³/mol. The third kappa shape index (κ3) is 4.03. The average Bonchev–Trinajstić information content (AvgIpc) is 2.45. The normalized spacial score (nSPS) is 16.6. The third-order valence-electron chi connectivity index (χ3n) is 3.61. The summed E-state index contributed by atoms with van der Waals surface area (Å²) >= 11 is 0. The van der Waals surface area contributed by atoms with Gasteiger partial charge in [-0.15, -0.1) is 0 Å². The fourth-order valence-electron chi connectivity index (χ4n) is 2.48. The van der Waals surface area contributed by atoms with Crippen molar-refractivity contribution >= 4 is 11.8 Å². The van der Waals surface area contributed by atoms with Gasteiger partial charge in [-0.25, -0.2) is 0 Å². The highest BCUT2D eigenvalue weighted by molar-refractivity contribution is 5.62. The van der Waals surface area contributed by atoms with E-state index in [1.165, 1.54) is 12.1 Å². The van der Waals surface area contributed by atoms with Crippen LogP contribution in [0.3, 0.4) is 0 Å². The molecule has 2 rings (SSSR count). The van der Waals surface area contributed by atoms with Gasteiger partial charge < -0.3 is 25.2 Å². The minimum atomic E-state index is -4.54. The maximum atomic E-state index is 13.2. The minimum Gasteiger partial charge on any atom is -0.530 e. The Morgan fingerprint density at radius 2 is 2.00 bits per heavy atom. The molecule has 1 heterocycles. The van der Waals surface area contributed by atoms with Crippen LogP contribution in [-0.2, 0) is 12.7 Å². The molecule has 5 nitrogen and oxygen atoms in total. The molecule has 0 unspecified atom stereocenters. The van der Waals surface area contributed by atoms with E-state index < -0.39 is 23.9 Å². The van der Waals surface area contributed by atoms with Crippen molar-refractivity contribution in [3.63, 3.8) is 0 Å². The van der Waals surface area contributed by atoms with Gasteiger partial charge in [0, 0.05) is 25.3 Å². The number of piperidine rings is 1. The summed E-state index contributed by atoms with van der Waals surface area (Å²) in [5, 5.41) is 21.7. The van der Waals surface area contributed by atoms with E-state index in [0.717, 1.165) is 6.07 Å². The molecule has 2 N–H and O–H groups in total. The van der Waals surface area contributed by atoms with E-state index in [4.69, 9.17) is 0 Å². The molecular weight excluding hydrogens is 301 g/mol. The van der Waals surface area contributed by atoms with Gasteiger partial charge in [0.1, 0.15) is 6.09 Å². The third-order valence-corrected chi connectivity index (χ3v) is 3.61. The first-order valence-electron chi connectivity index (χ1n) is 6.85. The fourth-order valence-corrected chi connectivity index (χ4v) is 2.48. The monoisotopic (exact) mass is 317 g/mol. The van der Waals surface area contributed by atoms with Gasteiger partial charge in [-0.3, -0.25) is 0 Å². The van der Waals surface area contributed by atoms with Crippen LogP contribution in [0.4, 0.5) is 23.7 Å². The van der Waals surface area contributed by atoms with E-state index >= 15 is 0 Å². The van der Waals surface area contributed by atoms with Gasteiger partial charge in [0.25, 0.3) is 0 Å². The number of nitrogens with one attached hydrogen (secondary N) is 1. The predicted octanol–water partition coefficient (Wildman–Crippen LogP) is 1.10. The quantitative estimate of drug-likeness (QED) is 0.875. The lowest BCUT2D eigenvalue weighted by Gasteiger charge is -2.33. The van der Waals surface area contributed by atoms with Crippen LogP contribution in [0, 0.1) is 0 Å². The number of hydrogen-bond donors (Lipinski definition) is 2. The Labute approximate surface area is 125 Å². The Bertz CT molecular complexity index is 541. The van der Waals surface area contributed by atoms with Crippen LogP contribution >= 0.6 is 0 Å². The molecule has 122 valence electrons. The molecule has 0 spiro atoms. The zero-order chi connectivity index (χ0) is 16.3. The van der Waals surface area contributed by atoms with Crippen LogP contribution < -0.4 is 15.3 Å². The number of benzene rings is 1. The van der Waals surface area contributed by atoms with Gasteiger partial charge in [-0.2, -0.15) is 13.2 Å². The van der Waals surface area contributed by atoms with Gasteiger partial charge in [0.05, 0.1) is 11.7 Å². The zero-order valence-electron chi connectivity index (χ0n) is 11.7. The van der Waals surface area contributed by atoms with Crippen molar-refractivity contribution in [2.45, 2.75) is 31.7 Å². The number of hydrogen-bond acceptors (Lipinski definition) is 4. The average molecular weight is 317 g/mol. The largest absolute Gasteiger partial charge is 0.530 e. The van der Waals surface area contributed by atoms with Crippen molar-refractivity contribution in [2.75, 3.05) is 18.0 Å². The Kier molecular flexibility index (Phi) is 4.80. The summed E-state index contributed by atoms with van der Waals surface area (Å²) in [5.41, 5.74) is -0.546. The standard InChI is InChI=1S/C14H17F3N2O3/c15-14(16,17)11-7-9(8-18-13(21)22)1-2-12(11)19-5-3-10(20)4-6-19/h1-2,7,10,18,20H,3-6,8H2,(H,21,22)/p-1. The number of carbonyl (C=O) groups excluding carboxylic acids is 1. The fraction of sp³-hybridized carbons (Fsp3) is 0.500. The lowest BCUT2D eigenvalue weighted by Crippen LogP contribution is -2.37. The second-order valence-electron chi connectivity index (χ2n) is 5.21. The number of carboxylic acid groups (broad SMARTS) is 1. The molecule has 1 aliphatic rings. The Morgan fingerprint density at radius 3 is 2.55 bits per heavy atom. The number of carbonyl (C=O) groups is 1. The summed E-state index contributed by atoms with van der Waals surface area (Å²) in [6.07, 6.45) is -5.71. The smallest absolute Gasteiger partial charge is 0.418 e. The molecule has 1 aromatic carbocycles. The maximum Gasteiger partial charge on any atom is 0.418 e. The summed E-state index contributed by atoms with van der Waals surface area (Å²) in [6.45, 7) is 0.451. The van der Waals surface area contributed by atoms with E-state index in [9.17, 15) is 28.2 Å². The zero-order valence-corrected chi connectivity index (χ0v) is 11.7. The number of amides is 1. The van der Waals surface area contributed by atoms with Crippen LogP contribution in [0.2, 0.25) is 0 Å². The molecule has 0 aromatic heterocycles. The molecule has 0 radical (unpaired) electrons. The molecule has 1 saturated heterocycles. The summed E-state index contributed by atoms with van der Waals surface area (Å²) in [4.78, 5) is 11.9. The van der Waals surface area contributed by atoms with Gasteiger partial charge >= 0.3 is 6.18 Å². The summed E-state index contributed by atoms with van der Waals surface area (Å²) in [6, 6.07) is 3.73. The lowest BCUT2D eigenvalue weighted by molar-refractivity contribution is -0.251. The van der Waals surface area contributed by atoms with E-state index in [1.54, 1.807) is 4.90 Å². The van der Waals surface area contributed by atoms with E-state index in [1.807, 2.05) is 5.32 Å². The molecule has 1 aromatic rings. The molecule has 0 atom stereocenters. The van der Waals surface area contributed by atoms with Crippen molar-refractivity contribution in [3.05, 3.63) is 29.3 Å². The number of aliphatic hydroxyl groups excluding tert-OH is 1. The van der Waals surface area contributed by atoms with E-state index in [0.29, 0.717) is 25.9 Å². The molecule has 8 heteroatoms. The minimum absolute atomic E-state index is 0.0524. The first kappa shape index (κ1) is 16.4. The van der Waals surface area contributed by atoms with Crippen LogP contribution in [0.25, 0.3) is 0 Å². The second-order valence-corrected chi connectivity index (χ2v) is 5.21. The Balaban J connectivity index is 2.27. The van der Waals surface area contributed by atoms with Crippen molar-refractivity contribution in [3.8, 4) is 0 Å². The van der Waals surface area contributed by atoms with Gasteiger partial charge in [-0.05, 0) is 30.5 Å². The molecule has 22 heavy (non-hydrogen) atoms. The number of aliphatic hydroxyl groups is 1. The highest BCUT2D eigenvalue weighted by atomic mass is 19.4. The molecule has 0 saturated carbocycles. The summed E-state index contributed by atoms with van der Waals surface area (Å²) in [7, 11) is 0. The summed E-state index contributed by atoms with van der Waals surface area (Å²) in [5.74, 6) is 0. The first-order chi connectivity index (χ1) is 10.3. The number of anilines is 1. The van der Waals surface area contributed by atoms with Gasteiger partial charge in [0.2, 0.25) is 0 Å². The Morgan fingerprint density at radius 1 is 1.36 bits per heavy atom. The number of nitrogens with zero attached hydrogens (tertiary/aromatic N) is 1. The molecule has 1 fully saturated rings. The molecule has 1 aliphatic heterocycles. The van der Waals surface area contributed by atoms with Gasteiger partial charge in [0.15, 0.2) is 0 Å². The van der Waals surface area contributed by atoms with Crippen molar-refractivity contribution in [1.82, 2.24) is 5.32 Å². The highest BCUT2D eigenvalue weighted by Gasteiger charge is 2.35. The topological polar surface area (TPSA) is 75.6 Å². The molecular formula is C14H16F3N2O3-. The molecule has 0 aliphatic carbocycles. The maximum absolute atomic E-state index is 13.2. The second kappa shape index (κ2) is 6.43. The van der Waals surface area contributed by atoms with E-state index in [2.05, 4.69) is 0 Å². The highest BCUT2D eigenvalue weighted by Crippen LogP contribution is 2.38. The van der Waals surface area contributed by atoms with Crippen LogP contribution in [0.1, 0.15) is 24.0 Å². The summed E-state index contributed by atoms with van der Waals surface area (Å²) < 4.78 is 39.7.